The largest absolute Gasteiger partial charge is 0.496 e. The number of aromatic nitrogens is 4. The second-order valence-corrected chi connectivity index (χ2v) is 7.37. The van der Waals surface area contributed by atoms with Gasteiger partial charge in [-0.3, -0.25) is 4.98 Å². The van der Waals surface area contributed by atoms with Crippen LogP contribution in [-0.2, 0) is 6.61 Å². The molecule has 3 aromatic heterocycles. The molecule has 1 N–H and O–H groups in total. The first-order valence-electron chi connectivity index (χ1n) is 9.13. The van der Waals surface area contributed by atoms with Crippen molar-refractivity contribution in [1.29, 1.82) is 0 Å². The van der Waals surface area contributed by atoms with Gasteiger partial charge in [0, 0.05) is 35.3 Å². The topological polar surface area (TPSA) is 72.9 Å². The van der Waals surface area contributed by atoms with E-state index < -0.39 is 5.95 Å². The monoisotopic (exact) mass is 468 g/mol. The predicted molar refractivity (Wildman–Crippen MR) is 115 cm³/mol. The van der Waals surface area contributed by atoms with E-state index in [9.17, 15) is 4.39 Å². The Balaban J connectivity index is 1.59. The number of halogens is 2. The van der Waals surface area contributed by atoms with Crippen LogP contribution < -0.4 is 9.47 Å². The highest BCUT2D eigenvalue weighted by Crippen LogP contribution is 2.37. The average Bonchev–Trinajstić information content (AvgIpc) is 3.14. The summed E-state index contributed by atoms with van der Waals surface area (Å²) in [4.78, 5) is 15.6. The quantitative estimate of drug-likeness (QED) is 0.387. The highest BCUT2D eigenvalue weighted by atomic mass is 79.9. The number of H-pyrrole nitrogens is 1. The van der Waals surface area contributed by atoms with Gasteiger partial charge in [0.1, 0.15) is 34.2 Å². The Morgan fingerprint density at radius 2 is 1.97 bits per heavy atom. The Morgan fingerprint density at radius 3 is 2.70 bits per heavy atom. The molecule has 1 aromatic carbocycles. The van der Waals surface area contributed by atoms with Crippen molar-refractivity contribution in [1.82, 2.24) is 19.9 Å². The first kappa shape index (κ1) is 20.0. The van der Waals surface area contributed by atoms with Gasteiger partial charge in [-0.2, -0.15) is 4.39 Å². The van der Waals surface area contributed by atoms with E-state index in [4.69, 9.17) is 9.47 Å². The van der Waals surface area contributed by atoms with Crippen molar-refractivity contribution in [3.05, 3.63) is 76.7 Å². The zero-order valence-electron chi connectivity index (χ0n) is 16.3. The Kier molecular flexibility index (Phi) is 5.76. The van der Waals surface area contributed by atoms with Crippen molar-refractivity contribution in [3.8, 4) is 34.1 Å². The molecule has 0 unspecified atom stereocenters. The zero-order valence-corrected chi connectivity index (χ0v) is 17.9. The van der Waals surface area contributed by atoms with E-state index in [0.29, 0.717) is 39.8 Å². The third-order valence-electron chi connectivity index (χ3n) is 4.46. The minimum atomic E-state index is -0.538. The lowest BCUT2D eigenvalue weighted by atomic mass is 10.1. The van der Waals surface area contributed by atoms with Gasteiger partial charge < -0.3 is 14.5 Å². The van der Waals surface area contributed by atoms with Gasteiger partial charge in [0.25, 0.3) is 0 Å². The van der Waals surface area contributed by atoms with Crippen molar-refractivity contribution in [2.45, 2.75) is 13.5 Å². The molecule has 0 aliphatic heterocycles. The molecule has 0 bridgehead atoms. The van der Waals surface area contributed by atoms with Crippen LogP contribution >= 0.6 is 15.9 Å². The maximum atomic E-state index is 13.1. The molecule has 0 aliphatic carbocycles. The summed E-state index contributed by atoms with van der Waals surface area (Å²) in [5.74, 6) is 1.33. The van der Waals surface area contributed by atoms with Crippen LogP contribution in [0.5, 0.6) is 11.5 Å². The fourth-order valence-corrected chi connectivity index (χ4v) is 3.49. The number of aromatic amines is 1. The Morgan fingerprint density at radius 1 is 1.10 bits per heavy atom. The normalized spacial score (nSPS) is 10.8. The summed E-state index contributed by atoms with van der Waals surface area (Å²) in [5.41, 5.74) is 4.11. The number of imidazole rings is 1. The van der Waals surface area contributed by atoms with Crippen molar-refractivity contribution in [3.63, 3.8) is 0 Å². The molecule has 0 fully saturated rings. The van der Waals surface area contributed by atoms with Gasteiger partial charge in [0.2, 0.25) is 5.95 Å². The number of nitrogens with zero attached hydrogens (tertiary/aromatic N) is 3. The molecule has 4 aromatic rings. The standard InChI is InChI=1S/C22H18BrFN4O2/c1-13-9-14(7-8-25-13)12-30-16-4-5-17(18(10-16)29-2)20-21(23)28-22(27-20)15-3-6-19(24)26-11-15/h3-11H,12H2,1-2H3,(H,27,28). The molecular formula is C22H18BrFN4O2. The molecule has 0 spiro atoms. The van der Waals surface area contributed by atoms with Gasteiger partial charge in [0.05, 0.1) is 7.11 Å². The molecule has 30 heavy (non-hydrogen) atoms. The highest BCUT2D eigenvalue weighted by molar-refractivity contribution is 9.10. The summed E-state index contributed by atoms with van der Waals surface area (Å²) >= 11 is 3.51. The fourth-order valence-electron chi connectivity index (χ4n) is 3.00. The molecule has 0 atom stereocenters. The Hall–Kier alpha value is -3.26. The van der Waals surface area contributed by atoms with Gasteiger partial charge in [0.15, 0.2) is 0 Å². The molecule has 0 aliphatic rings. The number of rotatable bonds is 6. The van der Waals surface area contributed by atoms with E-state index in [2.05, 4.69) is 35.9 Å². The van der Waals surface area contributed by atoms with E-state index >= 15 is 0 Å². The first-order chi connectivity index (χ1) is 14.5. The van der Waals surface area contributed by atoms with Crippen molar-refractivity contribution < 1.29 is 13.9 Å². The number of aryl methyl sites for hydroxylation is 1. The smallest absolute Gasteiger partial charge is 0.212 e. The number of hydrogen-bond acceptors (Lipinski definition) is 5. The summed E-state index contributed by atoms with van der Waals surface area (Å²) in [5, 5.41) is 0. The number of ether oxygens (including phenoxy) is 2. The van der Waals surface area contributed by atoms with E-state index in [1.165, 1.54) is 12.3 Å². The lowest BCUT2D eigenvalue weighted by Gasteiger charge is -2.11. The van der Waals surface area contributed by atoms with Crippen LogP contribution in [0.4, 0.5) is 4.39 Å². The van der Waals surface area contributed by atoms with Gasteiger partial charge in [-0.15, -0.1) is 0 Å². The van der Waals surface area contributed by atoms with Crippen LogP contribution in [0.25, 0.3) is 22.6 Å². The molecule has 4 rings (SSSR count). The summed E-state index contributed by atoms with van der Waals surface area (Å²) in [6, 6.07) is 12.4. The number of benzene rings is 1. The van der Waals surface area contributed by atoms with E-state index in [-0.39, 0.29) is 0 Å². The van der Waals surface area contributed by atoms with Gasteiger partial charge >= 0.3 is 0 Å². The summed E-state index contributed by atoms with van der Waals surface area (Å²) in [7, 11) is 1.60. The molecule has 8 heteroatoms. The predicted octanol–water partition coefficient (Wildman–Crippen LogP) is 5.33. The maximum Gasteiger partial charge on any atom is 0.212 e. The molecular weight excluding hydrogens is 451 g/mol. The molecule has 6 nitrogen and oxygen atoms in total. The van der Waals surface area contributed by atoms with E-state index in [1.807, 2.05) is 37.3 Å². The van der Waals surface area contributed by atoms with Crippen molar-refractivity contribution >= 4 is 15.9 Å². The minimum absolute atomic E-state index is 0.430. The number of nitrogens with one attached hydrogen (secondary N) is 1. The van der Waals surface area contributed by atoms with Crippen LogP contribution in [0.3, 0.4) is 0 Å². The van der Waals surface area contributed by atoms with Crippen LogP contribution in [0, 0.1) is 12.9 Å². The minimum Gasteiger partial charge on any atom is -0.496 e. The molecule has 0 amide bonds. The summed E-state index contributed by atoms with van der Waals surface area (Å²) in [6.07, 6.45) is 3.19. The second-order valence-electron chi connectivity index (χ2n) is 6.57. The van der Waals surface area contributed by atoms with Crippen molar-refractivity contribution in [2.24, 2.45) is 0 Å². The van der Waals surface area contributed by atoms with E-state index in [0.717, 1.165) is 16.8 Å². The van der Waals surface area contributed by atoms with Crippen LogP contribution in [-0.4, -0.2) is 27.0 Å². The van der Waals surface area contributed by atoms with Crippen molar-refractivity contribution in [2.75, 3.05) is 7.11 Å². The molecule has 152 valence electrons. The maximum absolute atomic E-state index is 13.1. The number of pyridine rings is 2. The summed E-state index contributed by atoms with van der Waals surface area (Å²) in [6.45, 7) is 2.37. The summed E-state index contributed by atoms with van der Waals surface area (Å²) < 4.78 is 25.3. The van der Waals surface area contributed by atoms with Crippen LogP contribution in [0.1, 0.15) is 11.3 Å². The molecule has 0 saturated carbocycles. The van der Waals surface area contributed by atoms with Gasteiger partial charge in [-0.05, 0) is 64.8 Å². The lowest BCUT2D eigenvalue weighted by Crippen LogP contribution is -1.97. The van der Waals surface area contributed by atoms with Gasteiger partial charge in [-0.25, -0.2) is 9.97 Å². The second kappa shape index (κ2) is 8.62. The van der Waals surface area contributed by atoms with Gasteiger partial charge in [-0.1, -0.05) is 0 Å². The third kappa shape index (κ3) is 4.33. The highest BCUT2D eigenvalue weighted by Gasteiger charge is 2.17. The number of methoxy groups -OCH3 is 1. The fraction of sp³-hybridized carbons (Fsp3) is 0.136. The molecule has 0 radical (unpaired) electrons. The number of hydrogen-bond donors (Lipinski definition) is 1. The Bertz CT molecular complexity index is 1180. The first-order valence-corrected chi connectivity index (χ1v) is 9.93. The average molecular weight is 469 g/mol. The molecule has 0 saturated heterocycles. The SMILES string of the molecule is COc1cc(OCc2ccnc(C)c2)ccc1-c1nc(-c2ccc(F)nc2)[nH]c1Br. The van der Waals surface area contributed by atoms with Crippen LogP contribution in [0.15, 0.2) is 59.5 Å². The Labute approximate surface area is 181 Å². The van der Waals surface area contributed by atoms with E-state index in [1.54, 1.807) is 19.4 Å². The third-order valence-corrected chi connectivity index (χ3v) is 5.03. The van der Waals surface area contributed by atoms with Crippen LogP contribution in [0.2, 0.25) is 0 Å². The lowest BCUT2D eigenvalue weighted by molar-refractivity contribution is 0.303. The zero-order chi connectivity index (χ0) is 21.1. The molecule has 3 heterocycles.